The minimum absolute atomic E-state index is 0.0289. The number of nitrogens with two attached hydrogens (primary N) is 1. The lowest BCUT2D eigenvalue weighted by atomic mass is 10.0. The Hall–Kier alpha value is -0.770. The molecule has 0 bridgehead atoms. The predicted molar refractivity (Wildman–Crippen MR) is 58.6 cm³/mol. The van der Waals surface area contributed by atoms with Gasteiger partial charge in [0, 0.05) is 6.42 Å². The number of carbonyl (C=O) groups is 1. The molecule has 17 heavy (non-hydrogen) atoms. The summed E-state index contributed by atoms with van der Waals surface area (Å²) in [6.45, 7) is 4.04. The van der Waals surface area contributed by atoms with Gasteiger partial charge >= 0.3 is 16.4 Å². The second-order valence-corrected chi connectivity index (χ2v) is 4.79. The highest BCUT2D eigenvalue weighted by atomic mass is 32.3. The summed E-state index contributed by atoms with van der Waals surface area (Å²) in [6, 6.07) is -1.10. The van der Waals surface area contributed by atoms with E-state index in [0.29, 0.717) is 0 Å². The Morgan fingerprint density at radius 3 is 2.00 bits per heavy atom. The van der Waals surface area contributed by atoms with Gasteiger partial charge in [-0.2, -0.15) is 8.42 Å². The lowest BCUT2D eigenvalue weighted by Crippen LogP contribution is -2.35. The van der Waals surface area contributed by atoms with Crippen molar-refractivity contribution in [3.05, 3.63) is 0 Å². The van der Waals surface area contributed by atoms with Gasteiger partial charge < -0.3 is 10.8 Å². The minimum Gasteiger partial charge on any atom is -0.480 e. The van der Waals surface area contributed by atoms with Crippen molar-refractivity contribution in [1.82, 2.24) is 0 Å². The SMILES string of the molecule is CC(C)(F)C[C@H](N)C(=O)O.CCOS(=O)(=O)O. The summed E-state index contributed by atoms with van der Waals surface area (Å²) in [5.74, 6) is -1.16. The summed E-state index contributed by atoms with van der Waals surface area (Å²) in [5.41, 5.74) is 3.56. The molecule has 7 nitrogen and oxygen atoms in total. The number of hydrogen-bond acceptors (Lipinski definition) is 5. The van der Waals surface area contributed by atoms with Crippen molar-refractivity contribution in [2.24, 2.45) is 5.73 Å². The number of halogens is 1. The van der Waals surface area contributed by atoms with Crippen molar-refractivity contribution in [3.8, 4) is 0 Å². The number of aliphatic carboxylic acids is 1. The van der Waals surface area contributed by atoms with Gasteiger partial charge in [-0.15, -0.1) is 0 Å². The maximum Gasteiger partial charge on any atom is 0.397 e. The zero-order valence-corrected chi connectivity index (χ0v) is 10.7. The zero-order chi connectivity index (χ0) is 14.3. The second kappa shape index (κ2) is 7.54. The van der Waals surface area contributed by atoms with Gasteiger partial charge in [0.2, 0.25) is 0 Å². The van der Waals surface area contributed by atoms with Crippen molar-refractivity contribution >= 4 is 16.4 Å². The van der Waals surface area contributed by atoms with Gasteiger partial charge in [-0.1, -0.05) is 0 Å². The highest BCUT2D eigenvalue weighted by molar-refractivity contribution is 7.80. The normalized spacial score (nSPS) is 13.5. The van der Waals surface area contributed by atoms with E-state index in [2.05, 4.69) is 4.18 Å². The monoisotopic (exact) mass is 275 g/mol. The van der Waals surface area contributed by atoms with Crippen LogP contribution in [-0.2, 0) is 19.4 Å². The molecule has 0 spiro atoms. The third-order valence-electron chi connectivity index (χ3n) is 1.29. The quantitative estimate of drug-likeness (QED) is 0.618. The Kier molecular flexibility index (Phi) is 8.24. The number of rotatable bonds is 5. The van der Waals surface area contributed by atoms with E-state index in [4.69, 9.17) is 15.4 Å². The molecule has 9 heteroatoms. The molecule has 0 saturated carbocycles. The molecule has 0 aliphatic heterocycles. The molecule has 0 unspecified atom stereocenters. The van der Waals surface area contributed by atoms with Crippen molar-refractivity contribution in [2.75, 3.05) is 6.61 Å². The molecular weight excluding hydrogens is 257 g/mol. The fourth-order valence-electron chi connectivity index (χ4n) is 0.759. The van der Waals surface area contributed by atoms with E-state index >= 15 is 0 Å². The smallest absolute Gasteiger partial charge is 0.397 e. The largest absolute Gasteiger partial charge is 0.480 e. The van der Waals surface area contributed by atoms with Gasteiger partial charge in [-0.05, 0) is 20.8 Å². The summed E-state index contributed by atoms with van der Waals surface area (Å²) in [5, 5.41) is 8.25. The van der Waals surface area contributed by atoms with E-state index in [1.54, 1.807) is 0 Å². The Morgan fingerprint density at radius 2 is 1.94 bits per heavy atom. The standard InChI is InChI=1S/C6H12FNO2.C2H6O4S/c1-6(2,7)3-4(8)5(9)10;1-2-6-7(3,4)5/h4H,3,8H2,1-2H3,(H,9,10);2H2,1H3,(H,3,4,5)/t4-;/m0./s1. The van der Waals surface area contributed by atoms with E-state index in [1.807, 2.05) is 0 Å². The fourth-order valence-corrected chi connectivity index (χ4v) is 1.06. The van der Waals surface area contributed by atoms with Gasteiger partial charge in [0.15, 0.2) is 0 Å². The number of alkyl halides is 1. The third-order valence-corrected chi connectivity index (χ3v) is 1.82. The first-order valence-electron chi connectivity index (χ1n) is 4.68. The van der Waals surface area contributed by atoms with Crippen LogP contribution < -0.4 is 5.73 Å². The zero-order valence-electron chi connectivity index (χ0n) is 9.88. The van der Waals surface area contributed by atoms with Crippen molar-refractivity contribution in [3.63, 3.8) is 0 Å². The molecular formula is C8H18FNO6S. The number of carboxylic acids is 1. The molecule has 0 heterocycles. The third kappa shape index (κ3) is 17.8. The molecule has 0 rings (SSSR count). The molecule has 0 aromatic carbocycles. The molecule has 104 valence electrons. The van der Waals surface area contributed by atoms with Crippen molar-refractivity contribution in [1.29, 1.82) is 0 Å². The van der Waals surface area contributed by atoms with E-state index < -0.39 is 28.1 Å². The highest BCUT2D eigenvalue weighted by Gasteiger charge is 2.23. The summed E-state index contributed by atoms with van der Waals surface area (Å²) >= 11 is 0. The molecule has 0 radical (unpaired) electrons. The van der Waals surface area contributed by atoms with Gasteiger partial charge in [0.05, 0.1) is 6.61 Å². The van der Waals surface area contributed by atoms with Crippen LogP contribution in [0, 0.1) is 0 Å². The Balaban J connectivity index is 0. The molecule has 0 aromatic heterocycles. The van der Waals surface area contributed by atoms with Crippen LogP contribution in [0.2, 0.25) is 0 Å². The topological polar surface area (TPSA) is 127 Å². The van der Waals surface area contributed by atoms with E-state index in [1.165, 1.54) is 20.8 Å². The first-order chi connectivity index (χ1) is 7.39. The highest BCUT2D eigenvalue weighted by Crippen LogP contribution is 2.14. The van der Waals surface area contributed by atoms with Crippen LogP contribution in [0.4, 0.5) is 4.39 Å². The Labute approximate surface area is 99.7 Å². The number of carboxylic acid groups (broad SMARTS) is 1. The lowest BCUT2D eigenvalue weighted by Gasteiger charge is -2.15. The number of hydrogen-bond donors (Lipinski definition) is 3. The molecule has 1 atom stereocenters. The van der Waals surface area contributed by atoms with E-state index in [-0.39, 0.29) is 13.0 Å². The van der Waals surface area contributed by atoms with Crippen LogP contribution >= 0.6 is 0 Å². The molecule has 0 fully saturated rings. The summed E-state index contributed by atoms with van der Waals surface area (Å²) in [4.78, 5) is 10.1. The molecule has 0 aliphatic carbocycles. The maximum absolute atomic E-state index is 12.7. The van der Waals surface area contributed by atoms with Crippen LogP contribution in [0.3, 0.4) is 0 Å². The molecule has 0 aliphatic rings. The maximum atomic E-state index is 12.7. The average molecular weight is 275 g/mol. The molecule has 4 N–H and O–H groups in total. The Bertz CT molecular complexity index is 323. The van der Waals surface area contributed by atoms with E-state index in [9.17, 15) is 17.6 Å². The molecule has 0 amide bonds. The Morgan fingerprint density at radius 1 is 1.53 bits per heavy atom. The van der Waals surface area contributed by atoms with Crippen LogP contribution in [-0.4, -0.2) is 42.4 Å². The van der Waals surface area contributed by atoms with Crippen LogP contribution in [0.5, 0.6) is 0 Å². The van der Waals surface area contributed by atoms with Crippen LogP contribution in [0.15, 0.2) is 0 Å². The van der Waals surface area contributed by atoms with Crippen molar-refractivity contribution < 1.29 is 31.4 Å². The first-order valence-corrected chi connectivity index (χ1v) is 6.04. The minimum atomic E-state index is -4.17. The predicted octanol–water partition coefficient (Wildman–Crippen LogP) is 0.362. The van der Waals surface area contributed by atoms with Gasteiger partial charge in [0.1, 0.15) is 11.7 Å². The van der Waals surface area contributed by atoms with Gasteiger partial charge in [0.25, 0.3) is 0 Å². The summed E-state index contributed by atoms with van der Waals surface area (Å²) < 4.78 is 43.3. The summed E-state index contributed by atoms with van der Waals surface area (Å²) in [6.07, 6.45) is -0.150. The fraction of sp³-hybridized carbons (Fsp3) is 0.875. The molecule has 0 aromatic rings. The van der Waals surface area contributed by atoms with Gasteiger partial charge in [-0.25, -0.2) is 8.57 Å². The molecule has 0 saturated heterocycles. The first kappa shape index (κ1) is 18.6. The van der Waals surface area contributed by atoms with Crippen molar-refractivity contribution in [2.45, 2.75) is 38.9 Å². The van der Waals surface area contributed by atoms with E-state index in [0.717, 1.165) is 0 Å². The summed E-state index contributed by atoms with van der Waals surface area (Å²) in [7, 11) is -4.17. The van der Waals surface area contributed by atoms with Gasteiger partial charge in [-0.3, -0.25) is 9.35 Å². The average Bonchev–Trinajstić information content (AvgIpc) is 1.98. The lowest BCUT2D eigenvalue weighted by molar-refractivity contribution is -0.139. The second-order valence-electron chi connectivity index (χ2n) is 3.70. The van der Waals surface area contributed by atoms with Crippen LogP contribution in [0.25, 0.3) is 0 Å². The van der Waals surface area contributed by atoms with Crippen LogP contribution in [0.1, 0.15) is 27.2 Å².